The van der Waals surface area contributed by atoms with Gasteiger partial charge in [-0.1, -0.05) is 0 Å². The van der Waals surface area contributed by atoms with Gasteiger partial charge in [0, 0.05) is 29.4 Å². The fourth-order valence-corrected chi connectivity index (χ4v) is 4.73. The number of hydrogen-bond donors (Lipinski definition) is 1. The minimum absolute atomic E-state index is 0.0445. The van der Waals surface area contributed by atoms with Crippen LogP contribution in [0.4, 0.5) is 11.1 Å². The van der Waals surface area contributed by atoms with Crippen molar-refractivity contribution in [2.45, 2.75) is 46.0 Å². The molecule has 2 aliphatic rings. The molecule has 0 unspecified atom stereocenters. The molecule has 2 aromatic heterocycles. The number of nitrogens with zero attached hydrogens (tertiary/aromatic N) is 4. The number of fused-ring (bicyclic) bond motifs is 1. The molecule has 3 heterocycles. The van der Waals surface area contributed by atoms with Gasteiger partial charge in [0.1, 0.15) is 0 Å². The second-order valence-electron chi connectivity index (χ2n) is 6.97. The van der Waals surface area contributed by atoms with E-state index in [1.54, 1.807) is 11.3 Å². The van der Waals surface area contributed by atoms with E-state index in [4.69, 9.17) is 0 Å². The van der Waals surface area contributed by atoms with E-state index < -0.39 is 0 Å². The van der Waals surface area contributed by atoms with E-state index in [0.29, 0.717) is 6.54 Å². The summed E-state index contributed by atoms with van der Waals surface area (Å²) in [6, 6.07) is 1.97. The van der Waals surface area contributed by atoms with Crippen molar-refractivity contribution in [1.82, 2.24) is 15.0 Å². The zero-order chi connectivity index (χ0) is 17.4. The Kier molecular flexibility index (Phi) is 4.41. The van der Waals surface area contributed by atoms with Crippen molar-refractivity contribution < 1.29 is 4.79 Å². The molecule has 0 radical (unpaired) electrons. The van der Waals surface area contributed by atoms with Crippen LogP contribution in [0.3, 0.4) is 0 Å². The molecule has 0 bridgehead atoms. The predicted molar refractivity (Wildman–Crippen MR) is 99.2 cm³/mol. The van der Waals surface area contributed by atoms with Crippen molar-refractivity contribution in [2.75, 3.05) is 23.3 Å². The number of carbonyl (C=O) groups excluding carboxylic acids is 1. The molecule has 1 fully saturated rings. The van der Waals surface area contributed by atoms with Gasteiger partial charge in [-0.3, -0.25) is 4.79 Å². The van der Waals surface area contributed by atoms with Gasteiger partial charge in [-0.05, 0) is 52.0 Å². The van der Waals surface area contributed by atoms with Gasteiger partial charge in [0.15, 0.2) is 5.13 Å². The highest BCUT2D eigenvalue weighted by molar-refractivity contribution is 7.15. The molecule has 1 atom stereocenters. The highest BCUT2D eigenvalue weighted by atomic mass is 32.1. The Balaban J connectivity index is 1.43. The number of nitrogens with one attached hydrogen (secondary N) is 1. The molecule has 25 heavy (non-hydrogen) atoms. The van der Waals surface area contributed by atoms with E-state index in [2.05, 4.69) is 25.2 Å². The van der Waals surface area contributed by atoms with Crippen LogP contribution in [-0.4, -0.2) is 33.9 Å². The number of hydrogen-bond acceptors (Lipinski definition) is 6. The summed E-state index contributed by atoms with van der Waals surface area (Å²) in [5.74, 6) is 0.765. The molecule has 2 aromatic rings. The van der Waals surface area contributed by atoms with Gasteiger partial charge in [0.25, 0.3) is 0 Å². The highest BCUT2D eigenvalue weighted by Gasteiger charge is 2.28. The number of carbonyl (C=O) groups is 1. The van der Waals surface area contributed by atoms with E-state index in [1.807, 2.05) is 19.9 Å². The summed E-state index contributed by atoms with van der Waals surface area (Å²) in [7, 11) is 0. The molecule has 1 saturated heterocycles. The summed E-state index contributed by atoms with van der Waals surface area (Å²) in [5, 5.41) is 3.80. The zero-order valence-electron chi connectivity index (χ0n) is 14.7. The fourth-order valence-electron chi connectivity index (χ4n) is 3.67. The Bertz CT molecular complexity index is 761. The van der Waals surface area contributed by atoms with Gasteiger partial charge in [-0.25, -0.2) is 15.0 Å². The third-order valence-electron chi connectivity index (χ3n) is 4.87. The molecule has 7 heteroatoms. The van der Waals surface area contributed by atoms with E-state index in [9.17, 15) is 4.79 Å². The topological polar surface area (TPSA) is 71.0 Å². The van der Waals surface area contributed by atoms with E-state index in [1.165, 1.54) is 17.0 Å². The number of aromatic nitrogens is 3. The second-order valence-corrected chi connectivity index (χ2v) is 8.05. The summed E-state index contributed by atoms with van der Waals surface area (Å²) in [5.41, 5.74) is 3.10. The normalized spacial score (nSPS) is 19.8. The Morgan fingerprint density at radius 2 is 2.00 bits per heavy atom. The third kappa shape index (κ3) is 3.51. The van der Waals surface area contributed by atoms with Gasteiger partial charge in [0.2, 0.25) is 11.9 Å². The first kappa shape index (κ1) is 16.4. The molecule has 1 amide bonds. The average molecular weight is 357 g/mol. The maximum atomic E-state index is 12.7. The number of piperidine rings is 1. The molecule has 1 aliphatic heterocycles. The van der Waals surface area contributed by atoms with E-state index in [-0.39, 0.29) is 11.8 Å². The van der Waals surface area contributed by atoms with Crippen LogP contribution < -0.4 is 10.2 Å². The van der Waals surface area contributed by atoms with Crippen LogP contribution >= 0.6 is 11.3 Å². The standard InChI is InChI=1S/C18H23N5OS/c1-11-9-12(2)20-17(19-11)23-8-4-5-13(10-23)16(24)22-18-21-14-6-3-7-15(14)25-18/h9,13H,3-8,10H2,1-2H3,(H,21,22,24)/t13-/m0/s1. The Morgan fingerprint density at radius 1 is 1.20 bits per heavy atom. The molecule has 4 rings (SSSR count). The average Bonchev–Trinajstić information content (AvgIpc) is 3.15. The van der Waals surface area contributed by atoms with E-state index >= 15 is 0 Å². The first-order chi connectivity index (χ1) is 12.1. The predicted octanol–water partition coefficient (Wildman–Crippen LogP) is 2.89. The molecule has 0 aromatic carbocycles. The summed E-state index contributed by atoms with van der Waals surface area (Å²) < 4.78 is 0. The maximum absolute atomic E-state index is 12.7. The Labute approximate surface area is 151 Å². The lowest BCUT2D eigenvalue weighted by Crippen LogP contribution is -2.41. The molecule has 0 spiro atoms. The molecule has 6 nitrogen and oxygen atoms in total. The van der Waals surface area contributed by atoms with Crippen LogP contribution in [0, 0.1) is 19.8 Å². The first-order valence-corrected chi connectivity index (χ1v) is 9.77. The van der Waals surface area contributed by atoms with Gasteiger partial charge in [0.05, 0.1) is 11.6 Å². The third-order valence-corrected chi connectivity index (χ3v) is 5.94. The first-order valence-electron chi connectivity index (χ1n) is 8.95. The molecule has 1 aliphatic carbocycles. The minimum Gasteiger partial charge on any atom is -0.340 e. The Morgan fingerprint density at radius 3 is 2.76 bits per heavy atom. The number of amides is 1. The maximum Gasteiger partial charge on any atom is 0.231 e. The van der Waals surface area contributed by atoms with Gasteiger partial charge < -0.3 is 10.2 Å². The summed E-state index contributed by atoms with van der Waals surface area (Å²) in [4.78, 5) is 29.8. The van der Waals surface area contributed by atoms with Crippen molar-refractivity contribution in [3.63, 3.8) is 0 Å². The van der Waals surface area contributed by atoms with Crippen LogP contribution in [0.15, 0.2) is 6.07 Å². The van der Waals surface area contributed by atoms with Crippen molar-refractivity contribution in [3.8, 4) is 0 Å². The van der Waals surface area contributed by atoms with Gasteiger partial charge >= 0.3 is 0 Å². The number of rotatable bonds is 3. The molecular formula is C18H23N5OS. The van der Waals surface area contributed by atoms with Gasteiger partial charge in [-0.2, -0.15) is 0 Å². The highest BCUT2D eigenvalue weighted by Crippen LogP contribution is 2.31. The fraction of sp³-hybridized carbons (Fsp3) is 0.556. The smallest absolute Gasteiger partial charge is 0.231 e. The van der Waals surface area contributed by atoms with Crippen LogP contribution in [0.1, 0.15) is 41.2 Å². The second kappa shape index (κ2) is 6.71. The zero-order valence-corrected chi connectivity index (χ0v) is 15.5. The molecule has 1 N–H and O–H groups in total. The summed E-state index contributed by atoms with van der Waals surface area (Å²) in [6.45, 7) is 5.53. The minimum atomic E-state index is -0.0445. The van der Waals surface area contributed by atoms with Crippen molar-refractivity contribution in [1.29, 1.82) is 0 Å². The van der Waals surface area contributed by atoms with E-state index in [0.717, 1.165) is 54.7 Å². The summed E-state index contributed by atoms with van der Waals surface area (Å²) >= 11 is 1.63. The molecular weight excluding hydrogens is 334 g/mol. The molecule has 132 valence electrons. The van der Waals surface area contributed by atoms with Crippen LogP contribution in [-0.2, 0) is 17.6 Å². The quantitative estimate of drug-likeness (QED) is 0.914. The lowest BCUT2D eigenvalue weighted by molar-refractivity contribution is -0.120. The molecule has 0 saturated carbocycles. The van der Waals surface area contributed by atoms with Crippen molar-refractivity contribution >= 4 is 28.3 Å². The van der Waals surface area contributed by atoms with Crippen molar-refractivity contribution in [3.05, 3.63) is 28.0 Å². The number of anilines is 2. The lowest BCUT2D eigenvalue weighted by Gasteiger charge is -2.32. The van der Waals surface area contributed by atoms with Gasteiger partial charge in [-0.15, -0.1) is 11.3 Å². The van der Waals surface area contributed by atoms with Crippen LogP contribution in [0.25, 0.3) is 0 Å². The lowest BCUT2D eigenvalue weighted by atomic mass is 9.97. The summed E-state index contributed by atoms with van der Waals surface area (Å²) in [6.07, 6.45) is 5.21. The Hall–Kier alpha value is -2.02. The largest absolute Gasteiger partial charge is 0.340 e. The van der Waals surface area contributed by atoms with Crippen molar-refractivity contribution in [2.24, 2.45) is 5.92 Å². The number of aryl methyl sites for hydroxylation is 4. The van der Waals surface area contributed by atoms with Crippen LogP contribution in [0.2, 0.25) is 0 Å². The van der Waals surface area contributed by atoms with Crippen LogP contribution in [0.5, 0.6) is 0 Å². The number of thiazole rings is 1. The monoisotopic (exact) mass is 357 g/mol. The SMILES string of the molecule is Cc1cc(C)nc(N2CCC[C@H](C(=O)Nc3nc4c(s3)CCC4)C2)n1.